The fourth-order valence-corrected chi connectivity index (χ4v) is 5.09. The average molecular weight is 561 g/mol. The number of carbonyl (C=O) groups excluding carboxylic acids is 2. The van der Waals surface area contributed by atoms with E-state index < -0.39 is 17.7 Å². The van der Waals surface area contributed by atoms with Crippen molar-refractivity contribution in [3.8, 4) is 11.5 Å². The quantitative estimate of drug-likeness (QED) is 0.174. The van der Waals surface area contributed by atoms with Gasteiger partial charge in [-0.2, -0.15) is 0 Å². The largest absolute Gasteiger partial charge is 0.507 e. The molecule has 0 saturated carbocycles. The SMILES string of the molecule is COc1ccc(C2C(=C(O)c3ccc(Br)cc3)C(=O)C(=O)N2CCc2c[nH]c3ccccc23)c(OC)c1. The van der Waals surface area contributed by atoms with Gasteiger partial charge in [-0.05, 0) is 42.3 Å². The van der Waals surface area contributed by atoms with Crippen molar-refractivity contribution in [3.05, 3.63) is 99.7 Å². The van der Waals surface area contributed by atoms with Gasteiger partial charge in [0.15, 0.2) is 0 Å². The van der Waals surface area contributed by atoms with Gasteiger partial charge in [0.05, 0.1) is 25.8 Å². The van der Waals surface area contributed by atoms with E-state index in [4.69, 9.17) is 9.47 Å². The van der Waals surface area contributed by atoms with Crippen LogP contribution in [0.1, 0.15) is 22.7 Å². The molecule has 3 aromatic carbocycles. The third-order valence-corrected chi connectivity index (χ3v) is 7.22. The van der Waals surface area contributed by atoms with Gasteiger partial charge in [0.25, 0.3) is 11.7 Å². The Hall–Kier alpha value is -4.04. The third-order valence-electron chi connectivity index (χ3n) is 6.69. The number of benzene rings is 3. The lowest BCUT2D eigenvalue weighted by atomic mass is 9.94. The lowest BCUT2D eigenvalue weighted by Crippen LogP contribution is -2.31. The predicted molar refractivity (Wildman–Crippen MR) is 145 cm³/mol. The molecule has 5 rings (SSSR count). The van der Waals surface area contributed by atoms with E-state index in [9.17, 15) is 14.7 Å². The van der Waals surface area contributed by atoms with Crippen LogP contribution in [-0.2, 0) is 16.0 Å². The fraction of sp³-hybridized carbons (Fsp3) is 0.172. The van der Waals surface area contributed by atoms with Crippen LogP contribution in [0.2, 0.25) is 0 Å². The number of aliphatic hydroxyl groups excluding tert-OH is 1. The van der Waals surface area contributed by atoms with Gasteiger partial charge >= 0.3 is 0 Å². The summed E-state index contributed by atoms with van der Waals surface area (Å²) in [6.07, 6.45) is 2.44. The summed E-state index contributed by atoms with van der Waals surface area (Å²) in [5, 5.41) is 12.4. The van der Waals surface area contributed by atoms with Crippen molar-refractivity contribution in [2.75, 3.05) is 20.8 Å². The summed E-state index contributed by atoms with van der Waals surface area (Å²) in [5.74, 6) is -0.610. The lowest BCUT2D eigenvalue weighted by Gasteiger charge is -2.27. The number of aromatic nitrogens is 1. The summed E-state index contributed by atoms with van der Waals surface area (Å²) in [6.45, 7) is 0.267. The molecule has 1 fully saturated rings. The van der Waals surface area contributed by atoms with Crippen molar-refractivity contribution < 1.29 is 24.2 Å². The van der Waals surface area contributed by atoms with Crippen molar-refractivity contribution in [2.45, 2.75) is 12.5 Å². The number of likely N-dealkylation sites (tertiary alicyclic amines) is 1. The van der Waals surface area contributed by atoms with E-state index in [0.717, 1.165) is 20.9 Å². The van der Waals surface area contributed by atoms with Crippen LogP contribution < -0.4 is 9.47 Å². The normalized spacial score (nSPS) is 16.9. The molecule has 2 N–H and O–H groups in total. The lowest BCUT2D eigenvalue weighted by molar-refractivity contribution is -0.139. The molecule has 1 unspecified atom stereocenters. The number of aliphatic hydroxyl groups is 1. The van der Waals surface area contributed by atoms with E-state index in [1.807, 2.05) is 30.5 Å². The number of carbonyl (C=O) groups is 2. The minimum atomic E-state index is -0.838. The number of para-hydroxylation sites is 1. The smallest absolute Gasteiger partial charge is 0.295 e. The number of amides is 1. The number of hydrogen-bond acceptors (Lipinski definition) is 5. The number of nitrogens with zero attached hydrogens (tertiary/aromatic N) is 1. The minimum absolute atomic E-state index is 0.0229. The van der Waals surface area contributed by atoms with Crippen LogP contribution in [0.4, 0.5) is 0 Å². The zero-order chi connectivity index (χ0) is 26.1. The molecule has 4 aromatic rings. The maximum Gasteiger partial charge on any atom is 0.295 e. The number of nitrogens with one attached hydrogen (secondary N) is 1. The second-order valence-corrected chi connectivity index (χ2v) is 9.63. The van der Waals surface area contributed by atoms with Gasteiger partial charge in [0, 0.05) is 45.3 Å². The number of rotatable bonds is 7. The molecule has 7 nitrogen and oxygen atoms in total. The van der Waals surface area contributed by atoms with Gasteiger partial charge in [-0.25, -0.2) is 0 Å². The average Bonchev–Trinajstić information content (AvgIpc) is 3.45. The number of ether oxygens (including phenoxy) is 2. The zero-order valence-electron chi connectivity index (χ0n) is 20.3. The highest BCUT2D eigenvalue weighted by Crippen LogP contribution is 2.44. The Bertz CT molecular complexity index is 1520. The molecule has 188 valence electrons. The van der Waals surface area contributed by atoms with Gasteiger partial charge in [-0.3, -0.25) is 9.59 Å². The standard InChI is InChI=1S/C29H25BrN2O5/c1-36-20-11-12-22(24(15-20)37-2)26-25(27(33)17-7-9-19(30)10-8-17)28(34)29(35)32(26)14-13-18-16-31-23-6-4-3-5-21(18)23/h3-12,15-16,26,31,33H,13-14H2,1-2H3. The second kappa shape index (κ2) is 10.1. The molecule has 8 heteroatoms. The van der Waals surface area contributed by atoms with E-state index in [2.05, 4.69) is 20.9 Å². The van der Waals surface area contributed by atoms with Crippen molar-refractivity contribution in [2.24, 2.45) is 0 Å². The highest BCUT2D eigenvalue weighted by atomic mass is 79.9. The molecule has 1 saturated heterocycles. The van der Waals surface area contributed by atoms with E-state index >= 15 is 0 Å². The van der Waals surface area contributed by atoms with Gasteiger partial charge in [0.1, 0.15) is 17.3 Å². The number of aromatic amines is 1. The summed E-state index contributed by atoms with van der Waals surface area (Å²) in [4.78, 5) is 31.5. The molecule has 1 aliphatic rings. The number of hydrogen-bond donors (Lipinski definition) is 2. The minimum Gasteiger partial charge on any atom is -0.507 e. The maximum atomic E-state index is 13.4. The summed E-state index contributed by atoms with van der Waals surface area (Å²) in [7, 11) is 3.07. The first-order valence-corrected chi connectivity index (χ1v) is 12.5. The van der Waals surface area contributed by atoms with Gasteiger partial charge in [0.2, 0.25) is 0 Å². The molecular formula is C29H25BrN2O5. The Balaban J connectivity index is 1.61. The molecular weight excluding hydrogens is 536 g/mol. The first-order chi connectivity index (χ1) is 17.9. The van der Waals surface area contributed by atoms with Crippen LogP contribution in [0.5, 0.6) is 11.5 Å². The van der Waals surface area contributed by atoms with Gasteiger partial charge in [-0.1, -0.05) is 46.3 Å². The van der Waals surface area contributed by atoms with Crippen LogP contribution in [-0.4, -0.2) is 47.4 Å². The molecule has 1 aliphatic heterocycles. The molecule has 0 spiro atoms. The van der Waals surface area contributed by atoms with E-state index in [1.165, 1.54) is 12.0 Å². The highest BCUT2D eigenvalue weighted by Gasteiger charge is 2.47. The molecule has 1 atom stereocenters. The summed E-state index contributed by atoms with van der Waals surface area (Å²) in [6, 6.07) is 19.2. The first-order valence-electron chi connectivity index (χ1n) is 11.7. The van der Waals surface area contributed by atoms with Crippen molar-refractivity contribution in [1.29, 1.82) is 0 Å². The van der Waals surface area contributed by atoms with Gasteiger partial charge < -0.3 is 24.5 Å². The molecule has 1 aromatic heterocycles. The molecule has 0 radical (unpaired) electrons. The number of ketones is 1. The Morgan fingerprint density at radius 1 is 1.03 bits per heavy atom. The molecule has 37 heavy (non-hydrogen) atoms. The van der Waals surface area contributed by atoms with E-state index in [1.54, 1.807) is 49.6 Å². The first kappa shape index (κ1) is 24.6. The maximum absolute atomic E-state index is 13.4. The fourth-order valence-electron chi connectivity index (χ4n) is 4.82. The molecule has 2 heterocycles. The number of Topliss-reactive ketones (excluding diaryl/α,β-unsaturated/α-hetero) is 1. The Morgan fingerprint density at radius 2 is 1.78 bits per heavy atom. The van der Waals surface area contributed by atoms with Gasteiger partial charge in [-0.15, -0.1) is 0 Å². The Morgan fingerprint density at radius 3 is 2.51 bits per heavy atom. The van der Waals surface area contributed by atoms with Crippen molar-refractivity contribution in [3.63, 3.8) is 0 Å². The number of halogens is 1. The molecule has 0 aliphatic carbocycles. The zero-order valence-corrected chi connectivity index (χ0v) is 21.9. The van der Waals surface area contributed by atoms with Crippen LogP contribution in [0.15, 0.2) is 83.0 Å². The summed E-state index contributed by atoms with van der Waals surface area (Å²) < 4.78 is 11.8. The Kier molecular flexibility index (Phi) is 6.76. The highest BCUT2D eigenvalue weighted by molar-refractivity contribution is 9.10. The molecule has 0 bridgehead atoms. The van der Waals surface area contributed by atoms with E-state index in [0.29, 0.717) is 29.0 Å². The summed E-state index contributed by atoms with van der Waals surface area (Å²) >= 11 is 3.39. The van der Waals surface area contributed by atoms with Crippen molar-refractivity contribution >= 4 is 44.3 Å². The number of fused-ring (bicyclic) bond motifs is 1. The van der Waals surface area contributed by atoms with Crippen LogP contribution in [0, 0.1) is 0 Å². The number of H-pyrrole nitrogens is 1. The monoisotopic (exact) mass is 560 g/mol. The van der Waals surface area contributed by atoms with Crippen LogP contribution in [0.25, 0.3) is 16.7 Å². The number of methoxy groups -OCH3 is 2. The van der Waals surface area contributed by atoms with Crippen LogP contribution >= 0.6 is 15.9 Å². The van der Waals surface area contributed by atoms with E-state index in [-0.39, 0.29) is 17.9 Å². The molecule has 1 amide bonds. The predicted octanol–water partition coefficient (Wildman–Crippen LogP) is 5.61. The third kappa shape index (κ3) is 4.49. The second-order valence-electron chi connectivity index (χ2n) is 8.72. The van der Waals surface area contributed by atoms with Crippen LogP contribution in [0.3, 0.4) is 0 Å². The summed E-state index contributed by atoms with van der Waals surface area (Å²) in [5.41, 5.74) is 3.08. The topological polar surface area (TPSA) is 91.9 Å². The Labute approximate surface area is 222 Å². The van der Waals surface area contributed by atoms with Crippen molar-refractivity contribution in [1.82, 2.24) is 9.88 Å².